The first-order chi connectivity index (χ1) is 7.88. The van der Waals surface area contributed by atoms with Crippen LogP contribution in [0.2, 0.25) is 0 Å². The Morgan fingerprint density at radius 3 is 2.71 bits per heavy atom. The molecule has 100 valence electrons. The highest BCUT2D eigenvalue weighted by molar-refractivity contribution is 5.68. The van der Waals surface area contributed by atoms with E-state index in [-0.39, 0.29) is 12.1 Å². The fourth-order valence-corrected chi connectivity index (χ4v) is 2.08. The van der Waals surface area contributed by atoms with Crippen molar-refractivity contribution in [3.63, 3.8) is 0 Å². The van der Waals surface area contributed by atoms with E-state index >= 15 is 0 Å². The molecule has 0 radical (unpaired) electrons. The normalized spacial score (nSPS) is 23.6. The van der Waals surface area contributed by atoms with Gasteiger partial charge in [0.05, 0.1) is 0 Å². The molecule has 1 aliphatic heterocycles. The molecule has 0 aromatic carbocycles. The van der Waals surface area contributed by atoms with Gasteiger partial charge in [-0.2, -0.15) is 0 Å². The SMILES string of the molecule is CC(NC(=O)OC(C)(C)C)C1CCCCCN1. The summed E-state index contributed by atoms with van der Waals surface area (Å²) in [6.45, 7) is 8.71. The van der Waals surface area contributed by atoms with Gasteiger partial charge < -0.3 is 15.4 Å². The molecule has 0 aromatic rings. The molecule has 0 bridgehead atoms. The zero-order valence-electron chi connectivity index (χ0n) is 11.5. The Bertz CT molecular complexity index is 240. The molecule has 1 fully saturated rings. The van der Waals surface area contributed by atoms with Crippen LogP contribution in [0.4, 0.5) is 4.79 Å². The number of carbonyl (C=O) groups is 1. The van der Waals surface area contributed by atoms with E-state index in [2.05, 4.69) is 10.6 Å². The molecule has 0 saturated carbocycles. The van der Waals surface area contributed by atoms with Gasteiger partial charge in [0.2, 0.25) is 0 Å². The van der Waals surface area contributed by atoms with Crippen LogP contribution < -0.4 is 10.6 Å². The number of amides is 1. The average molecular weight is 242 g/mol. The summed E-state index contributed by atoms with van der Waals surface area (Å²) in [5, 5.41) is 6.39. The molecule has 1 saturated heterocycles. The van der Waals surface area contributed by atoms with Crippen LogP contribution in [0, 0.1) is 0 Å². The third kappa shape index (κ3) is 5.91. The van der Waals surface area contributed by atoms with Crippen molar-refractivity contribution >= 4 is 6.09 Å². The monoisotopic (exact) mass is 242 g/mol. The molecule has 4 nitrogen and oxygen atoms in total. The second-order valence-corrected chi connectivity index (χ2v) is 5.84. The standard InChI is InChI=1S/C13H26N2O2/c1-10(11-8-6-5-7-9-14-11)15-12(16)17-13(2,3)4/h10-11,14H,5-9H2,1-4H3,(H,15,16). The summed E-state index contributed by atoms with van der Waals surface area (Å²) < 4.78 is 5.25. The van der Waals surface area contributed by atoms with Gasteiger partial charge >= 0.3 is 6.09 Å². The molecule has 17 heavy (non-hydrogen) atoms. The van der Waals surface area contributed by atoms with Crippen LogP contribution in [0.3, 0.4) is 0 Å². The summed E-state index contributed by atoms with van der Waals surface area (Å²) in [4.78, 5) is 11.6. The Balaban J connectivity index is 2.36. The van der Waals surface area contributed by atoms with Gasteiger partial charge in [-0.1, -0.05) is 12.8 Å². The molecule has 2 unspecified atom stereocenters. The van der Waals surface area contributed by atoms with E-state index in [0.29, 0.717) is 6.04 Å². The Morgan fingerprint density at radius 1 is 1.35 bits per heavy atom. The molecule has 1 amide bonds. The molecular weight excluding hydrogens is 216 g/mol. The number of ether oxygens (including phenoxy) is 1. The molecule has 1 aliphatic rings. The summed E-state index contributed by atoms with van der Waals surface area (Å²) in [7, 11) is 0. The Kier molecular flexibility index (Phi) is 5.25. The van der Waals surface area contributed by atoms with Crippen molar-refractivity contribution in [2.45, 2.75) is 71.1 Å². The second kappa shape index (κ2) is 6.24. The van der Waals surface area contributed by atoms with Crippen LogP contribution in [-0.4, -0.2) is 30.3 Å². The van der Waals surface area contributed by atoms with Gasteiger partial charge in [-0.3, -0.25) is 0 Å². The van der Waals surface area contributed by atoms with Crippen molar-refractivity contribution in [2.75, 3.05) is 6.54 Å². The largest absolute Gasteiger partial charge is 0.444 e. The maximum Gasteiger partial charge on any atom is 0.407 e. The molecule has 0 aliphatic carbocycles. The lowest BCUT2D eigenvalue weighted by Gasteiger charge is -2.26. The minimum Gasteiger partial charge on any atom is -0.444 e. The lowest BCUT2D eigenvalue weighted by Crippen LogP contribution is -2.49. The topological polar surface area (TPSA) is 50.4 Å². The van der Waals surface area contributed by atoms with Crippen molar-refractivity contribution in [1.29, 1.82) is 0 Å². The summed E-state index contributed by atoms with van der Waals surface area (Å²) >= 11 is 0. The van der Waals surface area contributed by atoms with Gasteiger partial charge in [0.15, 0.2) is 0 Å². The van der Waals surface area contributed by atoms with Gasteiger partial charge in [0.25, 0.3) is 0 Å². The van der Waals surface area contributed by atoms with Gasteiger partial charge in [-0.25, -0.2) is 4.79 Å². The van der Waals surface area contributed by atoms with Crippen molar-refractivity contribution in [3.05, 3.63) is 0 Å². The van der Waals surface area contributed by atoms with Crippen molar-refractivity contribution in [1.82, 2.24) is 10.6 Å². The zero-order valence-corrected chi connectivity index (χ0v) is 11.5. The third-order valence-electron chi connectivity index (χ3n) is 2.95. The highest BCUT2D eigenvalue weighted by atomic mass is 16.6. The average Bonchev–Trinajstić information content (AvgIpc) is 2.41. The van der Waals surface area contributed by atoms with Crippen molar-refractivity contribution in [3.8, 4) is 0 Å². The maximum atomic E-state index is 11.6. The molecule has 1 heterocycles. The molecule has 0 aromatic heterocycles. The first kappa shape index (κ1) is 14.3. The van der Waals surface area contributed by atoms with E-state index in [1.807, 2.05) is 27.7 Å². The molecule has 4 heteroatoms. The lowest BCUT2D eigenvalue weighted by atomic mass is 10.0. The Labute approximate surface area is 104 Å². The summed E-state index contributed by atoms with van der Waals surface area (Å²) in [5.74, 6) is 0. The van der Waals surface area contributed by atoms with Crippen LogP contribution >= 0.6 is 0 Å². The molecule has 1 rings (SSSR count). The fraction of sp³-hybridized carbons (Fsp3) is 0.923. The van der Waals surface area contributed by atoms with Crippen LogP contribution in [0.5, 0.6) is 0 Å². The lowest BCUT2D eigenvalue weighted by molar-refractivity contribution is 0.0497. The molecular formula is C13H26N2O2. The number of alkyl carbamates (subject to hydrolysis) is 1. The van der Waals surface area contributed by atoms with E-state index in [1.165, 1.54) is 19.3 Å². The fourth-order valence-electron chi connectivity index (χ4n) is 2.08. The Morgan fingerprint density at radius 2 is 2.06 bits per heavy atom. The van der Waals surface area contributed by atoms with Crippen LogP contribution in [0.15, 0.2) is 0 Å². The second-order valence-electron chi connectivity index (χ2n) is 5.84. The van der Waals surface area contributed by atoms with Crippen molar-refractivity contribution in [2.24, 2.45) is 0 Å². The summed E-state index contributed by atoms with van der Waals surface area (Å²) in [6.07, 6.45) is 4.55. The van der Waals surface area contributed by atoms with Gasteiger partial charge in [-0.15, -0.1) is 0 Å². The highest BCUT2D eigenvalue weighted by Gasteiger charge is 2.22. The van der Waals surface area contributed by atoms with E-state index in [4.69, 9.17) is 4.74 Å². The van der Waals surface area contributed by atoms with E-state index in [0.717, 1.165) is 13.0 Å². The zero-order chi connectivity index (χ0) is 12.9. The first-order valence-corrected chi connectivity index (χ1v) is 6.61. The van der Waals surface area contributed by atoms with E-state index in [9.17, 15) is 4.79 Å². The number of hydrogen-bond donors (Lipinski definition) is 2. The molecule has 2 atom stereocenters. The van der Waals surface area contributed by atoms with Crippen molar-refractivity contribution < 1.29 is 9.53 Å². The smallest absolute Gasteiger partial charge is 0.407 e. The minimum absolute atomic E-state index is 0.114. The van der Waals surface area contributed by atoms with E-state index < -0.39 is 5.60 Å². The van der Waals surface area contributed by atoms with Crippen LogP contribution in [0.1, 0.15) is 53.4 Å². The molecule has 0 spiro atoms. The predicted octanol–water partition coefficient (Wildman–Crippen LogP) is 2.43. The van der Waals surface area contributed by atoms with E-state index in [1.54, 1.807) is 0 Å². The third-order valence-corrected chi connectivity index (χ3v) is 2.95. The summed E-state index contributed by atoms with van der Waals surface area (Å²) in [5.41, 5.74) is -0.430. The van der Waals surface area contributed by atoms with Crippen LogP contribution in [0.25, 0.3) is 0 Å². The van der Waals surface area contributed by atoms with Gasteiger partial charge in [0, 0.05) is 12.1 Å². The number of hydrogen-bond acceptors (Lipinski definition) is 3. The molecule has 2 N–H and O–H groups in total. The minimum atomic E-state index is -0.430. The van der Waals surface area contributed by atoms with Crippen LogP contribution in [-0.2, 0) is 4.74 Å². The Hall–Kier alpha value is -0.770. The highest BCUT2D eigenvalue weighted by Crippen LogP contribution is 2.12. The first-order valence-electron chi connectivity index (χ1n) is 6.61. The van der Waals surface area contributed by atoms with Gasteiger partial charge in [-0.05, 0) is 47.1 Å². The quantitative estimate of drug-likeness (QED) is 0.782. The number of nitrogens with one attached hydrogen (secondary N) is 2. The predicted molar refractivity (Wildman–Crippen MR) is 69.1 cm³/mol. The maximum absolute atomic E-state index is 11.6. The number of rotatable bonds is 2. The summed E-state index contributed by atoms with van der Waals surface area (Å²) in [6, 6.07) is 0.480. The van der Waals surface area contributed by atoms with Gasteiger partial charge in [0.1, 0.15) is 5.60 Å². The number of carbonyl (C=O) groups excluding carboxylic acids is 1.